The van der Waals surface area contributed by atoms with Crippen LogP contribution in [0.3, 0.4) is 0 Å². The van der Waals surface area contributed by atoms with Gasteiger partial charge in [0, 0.05) is 38.9 Å². The Labute approximate surface area is 155 Å². The zero-order valence-electron chi connectivity index (χ0n) is 16.2. The number of hydrogen-bond acceptors (Lipinski definition) is 3. The van der Waals surface area contributed by atoms with Gasteiger partial charge >= 0.3 is 0 Å². The van der Waals surface area contributed by atoms with Gasteiger partial charge in [-0.25, -0.2) is 0 Å². The second kappa shape index (κ2) is 8.52. The lowest BCUT2D eigenvalue weighted by atomic mass is 10.1. The predicted octanol–water partition coefficient (Wildman–Crippen LogP) is 2.76. The third-order valence-corrected chi connectivity index (χ3v) is 4.18. The molecule has 5 nitrogen and oxygen atoms in total. The minimum absolute atomic E-state index is 0.0158. The summed E-state index contributed by atoms with van der Waals surface area (Å²) in [6, 6.07) is 13.7. The van der Waals surface area contributed by atoms with Crippen LogP contribution in [-0.4, -0.2) is 44.4 Å². The number of hydrogen-bond donors (Lipinski definition) is 1. The van der Waals surface area contributed by atoms with E-state index in [9.17, 15) is 9.59 Å². The normalized spacial score (nSPS) is 10.3. The zero-order valence-corrected chi connectivity index (χ0v) is 16.2. The molecule has 0 bridgehead atoms. The Bertz CT molecular complexity index is 762. The molecule has 0 radical (unpaired) electrons. The monoisotopic (exact) mass is 353 g/mol. The summed E-state index contributed by atoms with van der Waals surface area (Å²) in [5.41, 5.74) is 4.80. The number of nitrogens with zero attached hydrogens (tertiary/aromatic N) is 2. The molecule has 0 unspecified atom stereocenters. The highest BCUT2D eigenvalue weighted by atomic mass is 16.2. The maximum Gasteiger partial charge on any atom is 0.251 e. The van der Waals surface area contributed by atoms with E-state index in [0.717, 1.165) is 22.4 Å². The number of aryl methyl sites for hydroxylation is 2. The van der Waals surface area contributed by atoms with Gasteiger partial charge < -0.3 is 15.1 Å². The standard InChI is InChI=1S/C21H27N3O2/c1-15-10-16(2)12-18(11-15)21(26)22-13-20(25)24(5)14-17-6-8-19(9-7-17)23(3)4/h6-12H,13-14H2,1-5H3,(H,22,26). The van der Waals surface area contributed by atoms with Gasteiger partial charge in [0.05, 0.1) is 6.54 Å². The lowest BCUT2D eigenvalue weighted by Crippen LogP contribution is -2.37. The maximum atomic E-state index is 12.3. The first-order valence-electron chi connectivity index (χ1n) is 8.63. The van der Waals surface area contributed by atoms with Crippen molar-refractivity contribution in [1.29, 1.82) is 0 Å². The first-order chi connectivity index (χ1) is 12.3. The van der Waals surface area contributed by atoms with E-state index in [2.05, 4.69) is 5.32 Å². The van der Waals surface area contributed by atoms with Crippen molar-refractivity contribution in [2.45, 2.75) is 20.4 Å². The predicted molar refractivity (Wildman–Crippen MR) is 105 cm³/mol. The van der Waals surface area contributed by atoms with Crippen LogP contribution in [0.1, 0.15) is 27.0 Å². The van der Waals surface area contributed by atoms with E-state index in [1.807, 2.05) is 75.3 Å². The van der Waals surface area contributed by atoms with E-state index in [4.69, 9.17) is 0 Å². The van der Waals surface area contributed by atoms with E-state index in [0.29, 0.717) is 12.1 Å². The van der Waals surface area contributed by atoms with Gasteiger partial charge in [0.25, 0.3) is 5.91 Å². The van der Waals surface area contributed by atoms with Crippen molar-refractivity contribution in [1.82, 2.24) is 10.2 Å². The molecule has 0 aliphatic heterocycles. The lowest BCUT2D eigenvalue weighted by molar-refractivity contribution is -0.129. The van der Waals surface area contributed by atoms with E-state index >= 15 is 0 Å². The average molecular weight is 353 g/mol. The molecule has 0 heterocycles. The smallest absolute Gasteiger partial charge is 0.251 e. The van der Waals surface area contributed by atoms with Crippen molar-refractivity contribution >= 4 is 17.5 Å². The molecule has 26 heavy (non-hydrogen) atoms. The maximum absolute atomic E-state index is 12.3. The van der Waals surface area contributed by atoms with Crippen LogP contribution < -0.4 is 10.2 Å². The summed E-state index contributed by atoms with van der Waals surface area (Å²) in [5, 5.41) is 2.71. The molecule has 0 saturated heterocycles. The SMILES string of the molecule is Cc1cc(C)cc(C(=O)NCC(=O)N(C)Cc2ccc(N(C)C)cc2)c1. The Hall–Kier alpha value is -2.82. The van der Waals surface area contributed by atoms with Crippen LogP contribution in [0.25, 0.3) is 0 Å². The highest BCUT2D eigenvalue weighted by molar-refractivity contribution is 5.96. The molecule has 138 valence electrons. The summed E-state index contributed by atoms with van der Waals surface area (Å²) in [6.07, 6.45) is 0. The van der Waals surface area contributed by atoms with Gasteiger partial charge in [0.15, 0.2) is 0 Å². The van der Waals surface area contributed by atoms with Crippen molar-refractivity contribution in [2.75, 3.05) is 32.6 Å². The highest BCUT2D eigenvalue weighted by Gasteiger charge is 2.13. The summed E-state index contributed by atoms with van der Waals surface area (Å²) in [6.45, 7) is 4.39. The average Bonchev–Trinajstić information content (AvgIpc) is 2.58. The van der Waals surface area contributed by atoms with Gasteiger partial charge in [-0.2, -0.15) is 0 Å². The molecule has 2 aromatic rings. The van der Waals surface area contributed by atoms with Gasteiger partial charge in [-0.3, -0.25) is 9.59 Å². The molecule has 0 fully saturated rings. The number of carbonyl (C=O) groups is 2. The number of anilines is 1. The summed E-state index contributed by atoms with van der Waals surface area (Å²) < 4.78 is 0. The summed E-state index contributed by atoms with van der Waals surface area (Å²) in [7, 11) is 5.72. The van der Waals surface area contributed by atoms with Gasteiger partial charge in [0.2, 0.25) is 5.91 Å². The van der Waals surface area contributed by atoms with Crippen LogP contribution in [0.15, 0.2) is 42.5 Å². The van der Waals surface area contributed by atoms with Crippen molar-refractivity contribution in [3.63, 3.8) is 0 Å². The highest BCUT2D eigenvalue weighted by Crippen LogP contribution is 2.13. The fourth-order valence-electron chi connectivity index (χ4n) is 2.76. The summed E-state index contributed by atoms with van der Waals surface area (Å²) in [4.78, 5) is 28.2. The third-order valence-electron chi connectivity index (χ3n) is 4.18. The molecule has 5 heteroatoms. The van der Waals surface area contributed by atoms with Gasteiger partial charge in [-0.1, -0.05) is 29.3 Å². The fourth-order valence-corrected chi connectivity index (χ4v) is 2.76. The molecule has 1 N–H and O–H groups in total. The van der Waals surface area contributed by atoms with E-state index in [1.165, 1.54) is 0 Å². The van der Waals surface area contributed by atoms with E-state index in [1.54, 1.807) is 11.9 Å². The second-order valence-electron chi connectivity index (χ2n) is 6.87. The molecule has 2 aromatic carbocycles. The molecular weight excluding hydrogens is 326 g/mol. The number of amides is 2. The van der Waals surface area contributed by atoms with Gasteiger partial charge in [0.1, 0.15) is 0 Å². The number of nitrogens with one attached hydrogen (secondary N) is 1. The first kappa shape index (κ1) is 19.5. The van der Waals surface area contributed by atoms with E-state index < -0.39 is 0 Å². The van der Waals surface area contributed by atoms with Crippen LogP contribution in [0.2, 0.25) is 0 Å². The van der Waals surface area contributed by atoms with E-state index in [-0.39, 0.29) is 18.4 Å². The Morgan fingerprint density at radius 1 is 0.923 bits per heavy atom. The number of likely N-dealkylation sites (N-methyl/N-ethyl adjacent to an activating group) is 1. The molecule has 0 aliphatic carbocycles. The molecule has 0 aliphatic rings. The Morgan fingerprint density at radius 2 is 1.50 bits per heavy atom. The van der Waals surface area contributed by atoms with Crippen LogP contribution >= 0.6 is 0 Å². The zero-order chi connectivity index (χ0) is 19.3. The number of carbonyl (C=O) groups excluding carboxylic acids is 2. The molecule has 2 rings (SSSR count). The molecule has 0 atom stereocenters. The number of rotatable bonds is 6. The second-order valence-corrected chi connectivity index (χ2v) is 6.87. The van der Waals surface area contributed by atoms with Crippen LogP contribution in [0, 0.1) is 13.8 Å². The molecular formula is C21H27N3O2. The largest absolute Gasteiger partial charge is 0.378 e. The Morgan fingerprint density at radius 3 is 2.04 bits per heavy atom. The van der Waals surface area contributed by atoms with Crippen molar-refractivity contribution in [2.24, 2.45) is 0 Å². The fraction of sp³-hybridized carbons (Fsp3) is 0.333. The lowest BCUT2D eigenvalue weighted by Gasteiger charge is -2.19. The van der Waals surface area contributed by atoms with Gasteiger partial charge in [-0.05, 0) is 43.7 Å². The molecule has 0 saturated carbocycles. The topological polar surface area (TPSA) is 52.7 Å². The van der Waals surface area contributed by atoms with Gasteiger partial charge in [-0.15, -0.1) is 0 Å². The quantitative estimate of drug-likeness (QED) is 0.869. The number of benzene rings is 2. The van der Waals surface area contributed by atoms with Crippen LogP contribution in [-0.2, 0) is 11.3 Å². The molecule has 2 amide bonds. The third kappa shape index (κ3) is 5.34. The van der Waals surface area contributed by atoms with Crippen LogP contribution in [0.4, 0.5) is 5.69 Å². The Balaban J connectivity index is 1.89. The minimum Gasteiger partial charge on any atom is -0.378 e. The summed E-state index contributed by atoms with van der Waals surface area (Å²) >= 11 is 0. The van der Waals surface area contributed by atoms with Crippen LogP contribution in [0.5, 0.6) is 0 Å². The molecule has 0 aromatic heterocycles. The van der Waals surface area contributed by atoms with Crippen molar-refractivity contribution in [3.05, 3.63) is 64.7 Å². The summed E-state index contributed by atoms with van der Waals surface area (Å²) in [5.74, 6) is -0.353. The first-order valence-corrected chi connectivity index (χ1v) is 8.63. The Kier molecular flexibility index (Phi) is 6.39. The minimum atomic E-state index is -0.228. The van der Waals surface area contributed by atoms with Crippen molar-refractivity contribution < 1.29 is 9.59 Å². The van der Waals surface area contributed by atoms with Crippen molar-refractivity contribution in [3.8, 4) is 0 Å². The molecule has 0 spiro atoms.